The summed E-state index contributed by atoms with van der Waals surface area (Å²) < 4.78 is 10.4. The molecule has 150 valence electrons. The van der Waals surface area contributed by atoms with Crippen molar-refractivity contribution in [3.05, 3.63) is 53.6 Å². The molecule has 3 rings (SSSR count). The molecule has 1 saturated heterocycles. The molecule has 5 heteroatoms. The van der Waals surface area contributed by atoms with Gasteiger partial charge in [-0.05, 0) is 61.9 Å². The molecule has 1 fully saturated rings. The Labute approximate surface area is 167 Å². The molecule has 2 aromatic rings. The van der Waals surface area contributed by atoms with E-state index in [1.165, 1.54) is 43.6 Å². The van der Waals surface area contributed by atoms with Crippen molar-refractivity contribution in [3.8, 4) is 11.5 Å². The van der Waals surface area contributed by atoms with Gasteiger partial charge in [-0.25, -0.2) is 0 Å². The van der Waals surface area contributed by atoms with E-state index in [0.29, 0.717) is 23.6 Å². The van der Waals surface area contributed by atoms with Crippen LogP contribution in [0.15, 0.2) is 42.5 Å². The molecule has 1 aliphatic rings. The average Bonchev–Trinajstić information content (AvgIpc) is 2.77. The van der Waals surface area contributed by atoms with Crippen LogP contribution in [0.3, 0.4) is 0 Å². The summed E-state index contributed by atoms with van der Waals surface area (Å²) >= 11 is 0. The Bertz CT molecular complexity index is 746. The second kappa shape index (κ2) is 10.0. The lowest BCUT2D eigenvalue weighted by atomic mass is 10.1. The van der Waals surface area contributed by atoms with Crippen LogP contribution in [0.4, 0.5) is 5.69 Å². The summed E-state index contributed by atoms with van der Waals surface area (Å²) in [7, 11) is 3.15. The number of ether oxygens (including phenoxy) is 2. The highest BCUT2D eigenvalue weighted by molar-refractivity contribution is 5.95. The number of methoxy groups -OCH3 is 2. The highest BCUT2D eigenvalue weighted by Gasteiger charge is 2.11. The number of nitrogens with zero attached hydrogens (tertiary/aromatic N) is 1. The smallest absolute Gasteiger partial charge is 0.251 e. The van der Waals surface area contributed by atoms with Crippen molar-refractivity contribution < 1.29 is 14.3 Å². The maximum atomic E-state index is 12.4. The molecule has 0 spiro atoms. The van der Waals surface area contributed by atoms with E-state index in [9.17, 15) is 4.79 Å². The first-order valence-electron chi connectivity index (χ1n) is 10.0. The minimum absolute atomic E-state index is 0.113. The number of benzene rings is 2. The van der Waals surface area contributed by atoms with Crippen molar-refractivity contribution >= 4 is 11.6 Å². The van der Waals surface area contributed by atoms with Gasteiger partial charge in [-0.3, -0.25) is 4.79 Å². The fourth-order valence-electron chi connectivity index (χ4n) is 3.56. The Morgan fingerprint density at radius 2 is 1.61 bits per heavy atom. The molecule has 0 atom stereocenters. The zero-order valence-electron chi connectivity index (χ0n) is 16.9. The van der Waals surface area contributed by atoms with E-state index in [1.807, 2.05) is 0 Å². The number of aryl methyl sites for hydroxylation is 1. The van der Waals surface area contributed by atoms with E-state index in [-0.39, 0.29) is 5.91 Å². The fourth-order valence-corrected chi connectivity index (χ4v) is 3.56. The van der Waals surface area contributed by atoms with Crippen LogP contribution < -0.4 is 19.7 Å². The number of rotatable bonds is 8. The lowest BCUT2D eigenvalue weighted by Crippen LogP contribution is -2.29. The fraction of sp³-hybridized carbons (Fsp3) is 0.435. The van der Waals surface area contributed by atoms with E-state index in [0.717, 1.165) is 12.8 Å². The quantitative estimate of drug-likeness (QED) is 0.700. The third kappa shape index (κ3) is 5.41. The van der Waals surface area contributed by atoms with E-state index >= 15 is 0 Å². The van der Waals surface area contributed by atoms with Crippen molar-refractivity contribution in [1.29, 1.82) is 0 Å². The molecular weight excluding hydrogens is 352 g/mol. The van der Waals surface area contributed by atoms with Gasteiger partial charge in [0.2, 0.25) is 0 Å². The maximum Gasteiger partial charge on any atom is 0.251 e. The third-order valence-corrected chi connectivity index (χ3v) is 5.20. The molecule has 1 aliphatic heterocycles. The van der Waals surface area contributed by atoms with Gasteiger partial charge in [-0.2, -0.15) is 0 Å². The van der Waals surface area contributed by atoms with E-state index in [1.54, 1.807) is 32.4 Å². The lowest BCUT2D eigenvalue weighted by Gasteiger charge is -2.28. The predicted octanol–water partition coefficient (Wildman–Crippen LogP) is 4.06. The van der Waals surface area contributed by atoms with Crippen LogP contribution in [-0.4, -0.2) is 39.8 Å². The van der Waals surface area contributed by atoms with Crippen LogP contribution in [0.5, 0.6) is 11.5 Å². The number of anilines is 1. The summed E-state index contributed by atoms with van der Waals surface area (Å²) in [5, 5.41) is 2.98. The number of nitrogens with one attached hydrogen (secondary N) is 1. The minimum atomic E-state index is -0.113. The summed E-state index contributed by atoms with van der Waals surface area (Å²) in [6, 6.07) is 14.1. The second-order valence-electron chi connectivity index (χ2n) is 7.17. The third-order valence-electron chi connectivity index (χ3n) is 5.20. The Morgan fingerprint density at radius 1 is 0.964 bits per heavy atom. The maximum absolute atomic E-state index is 12.4. The summed E-state index contributed by atoms with van der Waals surface area (Å²) in [5.74, 6) is 1.11. The highest BCUT2D eigenvalue weighted by Crippen LogP contribution is 2.23. The van der Waals surface area contributed by atoms with Gasteiger partial charge in [0.25, 0.3) is 5.91 Å². The summed E-state index contributed by atoms with van der Waals surface area (Å²) in [5.41, 5.74) is 3.17. The van der Waals surface area contributed by atoms with Crippen LogP contribution in [0.1, 0.15) is 41.6 Å². The Kier molecular flexibility index (Phi) is 7.18. The summed E-state index contributed by atoms with van der Waals surface area (Å²) in [4.78, 5) is 14.9. The first kappa shape index (κ1) is 20.1. The minimum Gasteiger partial charge on any atom is -0.497 e. The van der Waals surface area contributed by atoms with Crippen LogP contribution in [0.25, 0.3) is 0 Å². The highest BCUT2D eigenvalue weighted by atomic mass is 16.5. The van der Waals surface area contributed by atoms with Crippen LogP contribution in [-0.2, 0) is 6.42 Å². The number of hydrogen-bond acceptors (Lipinski definition) is 4. The first-order chi connectivity index (χ1) is 13.7. The van der Waals surface area contributed by atoms with Crippen molar-refractivity contribution in [1.82, 2.24) is 5.32 Å². The molecule has 0 saturated carbocycles. The first-order valence-corrected chi connectivity index (χ1v) is 10.0. The molecule has 1 heterocycles. The van der Waals surface area contributed by atoms with Gasteiger partial charge in [0.15, 0.2) is 0 Å². The van der Waals surface area contributed by atoms with Crippen LogP contribution in [0, 0.1) is 0 Å². The van der Waals surface area contributed by atoms with E-state index < -0.39 is 0 Å². The molecule has 0 aliphatic carbocycles. The van der Waals surface area contributed by atoms with Gasteiger partial charge in [0.05, 0.1) is 14.2 Å². The van der Waals surface area contributed by atoms with Crippen molar-refractivity contribution in [3.63, 3.8) is 0 Å². The molecule has 1 amide bonds. The van der Waals surface area contributed by atoms with Crippen LogP contribution >= 0.6 is 0 Å². The number of carbonyl (C=O) groups is 1. The predicted molar refractivity (Wildman–Crippen MR) is 113 cm³/mol. The van der Waals surface area contributed by atoms with Crippen molar-refractivity contribution in [2.75, 3.05) is 38.8 Å². The second-order valence-corrected chi connectivity index (χ2v) is 7.17. The number of amides is 1. The molecule has 0 radical (unpaired) electrons. The molecule has 1 N–H and O–H groups in total. The topological polar surface area (TPSA) is 50.8 Å². The molecule has 5 nitrogen and oxygen atoms in total. The zero-order chi connectivity index (χ0) is 19.8. The molecule has 0 bridgehead atoms. The van der Waals surface area contributed by atoms with Gasteiger partial charge in [-0.1, -0.05) is 12.1 Å². The van der Waals surface area contributed by atoms with Gasteiger partial charge in [-0.15, -0.1) is 0 Å². The molecule has 28 heavy (non-hydrogen) atoms. The molecular formula is C23H30N2O3. The largest absolute Gasteiger partial charge is 0.497 e. The van der Waals surface area contributed by atoms with E-state index in [4.69, 9.17) is 9.47 Å². The molecule has 2 aromatic carbocycles. The van der Waals surface area contributed by atoms with Crippen molar-refractivity contribution in [2.24, 2.45) is 0 Å². The Morgan fingerprint density at radius 3 is 2.21 bits per heavy atom. The summed E-state index contributed by atoms with van der Waals surface area (Å²) in [6.07, 6.45) is 5.78. The van der Waals surface area contributed by atoms with Crippen molar-refractivity contribution in [2.45, 2.75) is 32.1 Å². The lowest BCUT2D eigenvalue weighted by molar-refractivity contribution is 0.0952. The van der Waals surface area contributed by atoms with Gasteiger partial charge in [0, 0.05) is 37.0 Å². The Hall–Kier alpha value is -2.69. The van der Waals surface area contributed by atoms with Crippen LogP contribution in [0.2, 0.25) is 0 Å². The zero-order valence-corrected chi connectivity index (χ0v) is 16.9. The van der Waals surface area contributed by atoms with Gasteiger partial charge < -0.3 is 19.7 Å². The van der Waals surface area contributed by atoms with Gasteiger partial charge >= 0.3 is 0 Å². The molecule has 0 unspecified atom stereocenters. The monoisotopic (exact) mass is 382 g/mol. The number of hydrogen-bond donors (Lipinski definition) is 1. The number of carbonyl (C=O) groups excluding carboxylic acids is 1. The summed E-state index contributed by atoms with van der Waals surface area (Å²) in [6.45, 7) is 2.97. The normalized spacial score (nSPS) is 13.9. The molecule has 0 aromatic heterocycles. The SMILES string of the molecule is COc1cc(OC)cc(C(=O)NCCCc2ccc(N3CCCCC3)cc2)c1. The van der Waals surface area contributed by atoms with E-state index in [2.05, 4.69) is 34.5 Å². The average molecular weight is 383 g/mol. The Balaban J connectivity index is 1.45. The number of piperidine rings is 1. The standard InChI is InChI=1S/C23H30N2O3/c1-27-21-15-19(16-22(17-21)28-2)23(26)24-12-6-7-18-8-10-20(11-9-18)25-13-4-3-5-14-25/h8-11,15-17H,3-7,12-14H2,1-2H3,(H,24,26). The van der Waals surface area contributed by atoms with Gasteiger partial charge in [0.1, 0.15) is 11.5 Å².